The molecule has 0 amide bonds. The summed E-state index contributed by atoms with van der Waals surface area (Å²) >= 11 is 0. The van der Waals surface area contributed by atoms with Crippen molar-refractivity contribution in [2.75, 3.05) is 14.2 Å². The van der Waals surface area contributed by atoms with Gasteiger partial charge in [0.15, 0.2) is 5.41 Å². The molecule has 0 aliphatic heterocycles. The fourth-order valence-electron chi connectivity index (χ4n) is 3.81. The maximum Gasteiger partial charge on any atom is 0.324 e. The molecule has 2 atom stereocenters. The summed E-state index contributed by atoms with van der Waals surface area (Å²) in [5.41, 5.74) is -0.735. The summed E-state index contributed by atoms with van der Waals surface area (Å²) in [6, 6.07) is 0. The molecule has 2 aliphatic rings. The van der Waals surface area contributed by atoms with E-state index in [9.17, 15) is 9.59 Å². The van der Waals surface area contributed by atoms with E-state index < -0.39 is 22.8 Å². The lowest BCUT2D eigenvalue weighted by molar-refractivity contribution is -0.179. The number of hydrogen-bond acceptors (Lipinski definition) is 4. The lowest BCUT2D eigenvalue weighted by Crippen LogP contribution is -2.54. The molecule has 100 valence electrons. The summed E-state index contributed by atoms with van der Waals surface area (Å²) in [6.07, 6.45) is 3.08. The number of carbonyl (C=O) groups excluding carboxylic acids is 2. The Labute approximate surface area is 107 Å². The molecule has 4 heteroatoms. The van der Waals surface area contributed by atoms with Crippen LogP contribution in [0.2, 0.25) is 0 Å². The van der Waals surface area contributed by atoms with E-state index in [1.54, 1.807) is 0 Å². The van der Waals surface area contributed by atoms with Gasteiger partial charge in [-0.1, -0.05) is 19.1 Å². The number of ether oxygens (including phenoxy) is 2. The monoisotopic (exact) mass is 252 g/mol. The van der Waals surface area contributed by atoms with Gasteiger partial charge < -0.3 is 9.47 Å². The third kappa shape index (κ3) is 1.32. The molecule has 4 nitrogen and oxygen atoms in total. The van der Waals surface area contributed by atoms with Crippen LogP contribution in [0.1, 0.15) is 32.6 Å². The van der Waals surface area contributed by atoms with Crippen LogP contribution in [0.3, 0.4) is 0 Å². The molecule has 0 aromatic carbocycles. The Bertz CT molecular complexity index is 396. The van der Waals surface area contributed by atoms with Crippen molar-refractivity contribution in [1.82, 2.24) is 0 Å². The fourth-order valence-corrected chi connectivity index (χ4v) is 3.81. The average molecular weight is 252 g/mol. The summed E-state index contributed by atoms with van der Waals surface area (Å²) in [4.78, 5) is 24.5. The molecule has 0 aromatic rings. The van der Waals surface area contributed by atoms with Gasteiger partial charge in [-0.05, 0) is 31.6 Å². The fraction of sp³-hybridized carbons (Fsp3) is 0.714. The average Bonchev–Trinajstić information content (AvgIpc) is 2.58. The van der Waals surface area contributed by atoms with Crippen molar-refractivity contribution in [2.24, 2.45) is 16.7 Å². The van der Waals surface area contributed by atoms with Crippen LogP contribution in [0.15, 0.2) is 12.2 Å². The largest absolute Gasteiger partial charge is 0.468 e. The SMILES string of the molecule is C=C1[C@@H]2CCC(C(=O)OC)(C(=O)OC)[C@@]1(C)CC2. The molecule has 0 saturated heterocycles. The second-order valence-electron chi connectivity index (χ2n) is 5.52. The molecule has 18 heavy (non-hydrogen) atoms. The number of carbonyl (C=O) groups is 2. The van der Waals surface area contributed by atoms with Gasteiger partial charge in [-0.2, -0.15) is 0 Å². The van der Waals surface area contributed by atoms with Crippen LogP contribution in [-0.2, 0) is 19.1 Å². The van der Waals surface area contributed by atoms with Gasteiger partial charge in [0, 0.05) is 5.41 Å². The van der Waals surface area contributed by atoms with Gasteiger partial charge in [-0.15, -0.1) is 0 Å². The van der Waals surface area contributed by atoms with Crippen molar-refractivity contribution in [2.45, 2.75) is 32.6 Å². The van der Waals surface area contributed by atoms with Crippen LogP contribution in [0.5, 0.6) is 0 Å². The minimum Gasteiger partial charge on any atom is -0.468 e. The number of rotatable bonds is 2. The van der Waals surface area contributed by atoms with Crippen LogP contribution in [-0.4, -0.2) is 26.2 Å². The highest BCUT2D eigenvalue weighted by molar-refractivity contribution is 6.02. The number of hydrogen-bond donors (Lipinski definition) is 0. The first kappa shape index (κ1) is 13.1. The maximum atomic E-state index is 12.3. The van der Waals surface area contributed by atoms with Gasteiger partial charge in [-0.25, -0.2) is 0 Å². The second-order valence-corrected chi connectivity index (χ2v) is 5.52. The summed E-state index contributed by atoms with van der Waals surface area (Å²) < 4.78 is 9.80. The Morgan fingerprint density at radius 1 is 1.17 bits per heavy atom. The second kappa shape index (κ2) is 4.11. The summed E-state index contributed by atoms with van der Waals surface area (Å²) in [5.74, 6) is -0.547. The van der Waals surface area contributed by atoms with E-state index in [0.29, 0.717) is 12.3 Å². The van der Waals surface area contributed by atoms with Crippen LogP contribution < -0.4 is 0 Å². The van der Waals surface area contributed by atoms with E-state index in [1.807, 2.05) is 6.92 Å². The smallest absolute Gasteiger partial charge is 0.324 e. The normalized spacial score (nSPS) is 33.1. The van der Waals surface area contributed by atoms with Gasteiger partial charge in [0.2, 0.25) is 0 Å². The molecule has 0 aromatic heterocycles. The highest BCUT2D eigenvalue weighted by Crippen LogP contribution is 2.64. The van der Waals surface area contributed by atoms with E-state index in [0.717, 1.165) is 24.8 Å². The molecule has 0 radical (unpaired) electrons. The number of fused-ring (bicyclic) bond motifs is 2. The molecule has 0 heterocycles. The Balaban J connectivity index is 2.56. The van der Waals surface area contributed by atoms with Crippen LogP contribution in [0.25, 0.3) is 0 Å². The molecule has 2 bridgehead atoms. The molecule has 2 aliphatic carbocycles. The van der Waals surface area contributed by atoms with Gasteiger partial charge in [-0.3, -0.25) is 9.59 Å². The summed E-state index contributed by atoms with van der Waals surface area (Å²) in [6.45, 7) is 6.07. The molecule has 2 rings (SSSR count). The zero-order chi connectivity index (χ0) is 13.6. The lowest BCUT2D eigenvalue weighted by Gasteiger charge is -2.46. The highest BCUT2D eigenvalue weighted by Gasteiger charge is 2.66. The number of allylic oxidation sites excluding steroid dienone is 1. The van der Waals surface area contributed by atoms with Crippen LogP contribution in [0, 0.1) is 16.7 Å². The van der Waals surface area contributed by atoms with Crippen molar-refractivity contribution in [3.63, 3.8) is 0 Å². The first-order valence-corrected chi connectivity index (χ1v) is 6.30. The molecule has 0 unspecified atom stereocenters. The zero-order valence-corrected chi connectivity index (χ0v) is 11.2. The third-order valence-electron chi connectivity index (χ3n) is 5.07. The van der Waals surface area contributed by atoms with Crippen LogP contribution >= 0.6 is 0 Å². The Hall–Kier alpha value is -1.32. The maximum absolute atomic E-state index is 12.3. The summed E-state index contributed by atoms with van der Waals surface area (Å²) in [7, 11) is 2.64. The number of methoxy groups -OCH3 is 2. The highest BCUT2D eigenvalue weighted by atomic mass is 16.5. The van der Waals surface area contributed by atoms with Gasteiger partial charge in [0.05, 0.1) is 14.2 Å². The minimum absolute atomic E-state index is 0.428. The summed E-state index contributed by atoms with van der Waals surface area (Å²) in [5, 5.41) is 0. The molecule has 2 fully saturated rings. The third-order valence-corrected chi connectivity index (χ3v) is 5.07. The quantitative estimate of drug-likeness (QED) is 0.429. The van der Waals surface area contributed by atoms with Gasteiger partial charge in [0.1, 0.15) is 0 Å². The predicted molar refractivity (Wildman–Crippen MR) is 65.7 cm³/mol. The van der Waals surface area contributed by atoms with Crippen molar-refractivity contribution in [3.8, 4) is 0 Å². The topological polar surface area (TPSA) is 52.6 Å². The standard InChI is InChI=1S/C14H20O4/c1-9-10-5-7-13(9,2)14(8-6-10,11(15)17-3)12(16)18-4/h10H,1,5-8H2,2-4H3/t10-,13-/m0/s1. The van der Waals surface area contributed by atoms with Crippen molar-refractivity contribution < 1.29 is 19.1 Å². The van der Waals surface area contributed by atoms with Gasteiger partial charge >= 0.3 is 11.9 Å². The predicted octanol–water partition coefficient (Wildman–Crippen LogP) is 2.09. The minimum atomic E-state index is -1.21. The Kier molecular flexibility index (Phi) is 2.99. The van der Waals surface area contributed by atoms with Crippen molar-refractivity contribution in [1.29, 1.82) is 0 Å². The Morgan fingerprint density at radius 2 is 1.67 bits per heavy atom. The van der Waals surface area contributed by atoms with E-state index in [-0.39, 0.29) is 0 Å². The molecular weight excluding hydrogens is 232 g/mol. The van der Waals surface area contributed by atoms with E-state index in [1.165, 1.54) is 14.2 Å². The van der Waals surface area contributed by atoms with Crippen molar-refractivity contribution >= 4 is 11.9 Å². The van der Waals surface area contributed by atoms with E-state index in [2.05, 4.69) is 6.58 Å². The molecule has 0 N–H and O–H groups in total. The first-order valence-electron chi connectivity index (χ1n) is 6.30. The lowest BCUT2D eigenvalue weighted by atomic mass is 9.55. The molecule has 0 spiro atoms. The molecular formula is C14H20O4. The van der Waals surface area contributed by atoms with Crippen molar-refractivity contribution in [3.05, 3.63) is 12.2 Å². The zero-order valence-electron chi connectivity index (χ0n) is 11.2. The number of esters is 2. The van der Waals surface area contributed by atoms with E-state index >= 15 is 0 Å². The van der Waals surface area contributed by atoms with Gasteiger partial charge in [0.25, 0.3) is 0 Å². The van der Waals surface area contributed by atoms with E-state index in [4.69, 9.17) is 9.47 Å². The molecule has 2 saturated carbocycles. The first-order chi connectivity index (χ1) is 8.44. The van der Waals surface area contributed by atoms with Crippen LogP contribution in [0.4, 0.5) is 0 Å². The Morgan fingerprint density at radius 3 is 2.17 bits per heavy atom.